The highest BCUT2D eigenvalue weighted by Gasteiger charge is 2.15. The Morgan fingerprint density at radius 1 is 1.31 bits per heavy atom. The van der Waals surface area contributed by atoms with E-state index in [1.54, 1.807) is 6.07 Å². The van der Waals surface area contributed by atoms with Crippen LogP contribution in [0, 0.1) is 0 Å². The van der Waals surface area contributed by atoms with E-state index in [0.29, 0.717) is 5.69 Å². The Morgan fingerprint density at radius 2 is 2.00 bits per heavy atom. The Balaban J connectivity index is 2.14. The SMILES string of the molecule is CN1CCN(c2cccc(C(N)=O)n2)CC1. The number of hydrogen-bond acceptors (Lipinski definition) is 4. The Labute approximate surface area is 94.9 Å². The van der Waals surface area contributed by atoms with Crippen molar-refractivity contribution >= 4 is 11.7 Å². The second-order valence-corrected chi connectivity index (χ2v) is 4.04. The number of amides is 1. The van der Waals surface area contributed by atoms with Crippen LogP contribution in [0.2, 0.25) is 0 Å². The highest BCUT2D eigenvalue weighted by molar-refractivity contribution is 5.91. The number of rotatable bonds is 2. The second-order valence-electron chi connectivity index (χ2n) is 4.04. The van der Waals surface area contributed by atoms with Gasteiger partial charge in [0.1, 0.15) is 11.5 Å². The summed E-state index contributed by atoms with van der Waals surface area (Å²) in [5.41, 5.74) is 5.54. The van der Waals surface area contributed by atoms with Crippen molar-refractivity contribution in [3.63, 3.8) is 0 Å². The smallest absolute Gasteiger partial charge is 0.267 e. The molecule has 0 atom stereocenters. The van der Waals surface area contributed by atoms with E-state index in [0.717, 1.165) is 32.0 Å². The molecule has 0 spiro atoms. The van der Waals surface area contributed by atoms with Crippen molar-refractivity contribution in [2.45, 2.75) is 0 Å². The lowest BCUT2D eigenvalue weighted by Gasteiger charge is -2.33. The molecule has 0 unspecified atom stereocenters. The maximum atomic E-state index is 11.0. The maximum absolute atomic E-state index is 11.0. The van der Waals surface area contributed by atoms with Crippen molar-refractivity contribution in [1.29, 1.82) is 0 Å². The van der Waals surface area contributed by atoms with Crippen molar-refractivity contribution in [2.75, 3.05) is 38.1 Å². The molecule has 1 aromatic rings. The largest absolute Gasteiger partial charge is 0.364 e. The van der Waals surface area contributed by atoms with Gasteiger partial charge in [-0.25, -0.2) is 4.98 Å². The summed E-state index contributed by atoms with van der Waals surface area (Å²) in [6, 6.07) is 5.38. The summed E-state index contributed by atoms with van der Waals surface area (Å²) in [7, 11) is 2.10. The molecule has 2 N–H and O–H groups in total. The number of likely N-dealkylation sites (N-methyl/N-ethyl adjacent to an activating group) is 1. The average molecular weight is 220 g/mol. The van der Waals surface area contributed by atoms with Gasteiger partial charge in [0.25, 0.3) is 5.91 Å². The Kier molecular flexibility index (Phi) is 3.05. The fourth-order valence-electron chi connectivity index (χ4n) is 1.77. The summed E-state index contributed by atoms with van der Waals surface area (Å²) in [5, 5.41) is 0. The average Bonchev–Trinajstić information content (AvgIpc) is 2.30. The molecule has 1 aliphatic rings. The number of carbonyl (C=O) groups excluding carboxylic acids is 1. The topological polar surface area (TPSA) is 62.5 Å². The molecular weight excluding hydrogens is 204 g/mol. The number of pyridine rings is 1. The zero-order valence-electron chi connectivity index (χ0n) is 9.39. The van der Waals surface area contributed by atoms with E-state index in [-0.39, 0.29) is 0 Å². The van der Waals surface area contributed by atoms with Gasteiger partial charge in [0, 0.05) is 26.2 Å². The lowest BCUT2D eigenvalue weighted by Crippen LogP contribution is -2.44. The van der Waals surface area contributed by atoms with Gasteiger partial charge in [0.15, 0.2) is 0 Å². The molecule has 2 heterocycles. The molecule has 1 amide bonds. The lowest BCUT2D eigenvalue weighted by molar-refractivity contribution is 0.0995. The van der Waals surface area contributed by atoms with Gasteiger partial charge in [-0.2, -0.15) is 0 Å². The molecule has 0 aromatic carbocycles. The minimum atomic E-state index is -0.476. The third-order valence-electron chi connectivity index (χ3n) is 2.81. The van der Waals surface area contributed by atoms with Crippen LogP contribution in [0.1, 0.15) is 10.5 Å². The quantitative estimate of drug-likeness (QED) is 0.758. The van der Waals surface area contributed by atoms with E-state index in [9.17, 15) is 4.79 Å². The number of primary amides is 1. The van der Waals surface area contributed by atoms with E-state index in [1.165, 1.54) is 0 Å². The molecule has 0 saturated carbocycles. The first-order chi connectivity index (χ1) is 7.66. The molecule has 1 saturated heterocycles. The Hall–Kier alpha value is -1.62. The van der Waals surface area contributed by atoms with Crippen molar-refractivity contribution < 1.29 is 4.79 Å². The molecule has 2 rings (SSSR count). The maximum Gasteiger partial charge on any atom is 0.267 e. The number of carbonyl (C=O) groups is 1. The fraction of sp³-hybridized carbons (Fsp3) is 0.455. The predicted molar refractivity (Wildman–Crippen MR) is 62.5 cm³/mol. The normalized spacial score (nSPS) is 17.4. The summed E-state index contributed by atoms with van der Waals surface area (Å²) >= 11 is 0. The standard InChI is InChI=1S/C11H16N4O/c1-14-5-7-15(8-6-14)10-4-2-3-9(13-10)11(12)16/h2-4H,5-8H2,1H3,(H2,12,16). The van der Waals surface area contributed by atoms with Gasteiger partial charge in [-0.1, -0.05) is 6.07 Å². The highest BCUT2D eigenvalue weighted by atomic mass is 16.1. The Morgan fingerprint density at radius 3 is 2.62 bits per heavy atom. The molecule has 86 valence electrons. The van der Waals surface area contributed by atoms with Gasteiger partial charge in [-0.15, -0.1) is 0 Å². The van der Waals surface area contributed by atoms with Crippen LogP contribution in [-0.2, 0) is 0 Å². The third-order valence-corrected chi connectivity index (χ3v) is 2.81. The van der Waals surface area contributed by atoms with Gasteiger partial charge in [-0.05, 0) is 19.2 Å². The molecule has 1 aromatic heterocycles. The van der Waals surface area contributed by atoms with Gasteiger partial charge < -0.3 is 15.5 Å². The van der Waals surface area contributed by atoms with E-state index < -0.39 is 5.91 Å². The van der Waals surface area contributed by atoms with E-state index in [4.69, 9.17) is 5.73 Å². The number of nitrogens with zero attached hydrogens (tertiary/aromatic N) is 3. The third kappa shape index (κ3) is 2.30. The van der Waals surface area contributed by atoms with Crippen LogP contribution in [0.15, 0.2) is 18.2 Å². The first kappa shape index (κ1) is 10.9. The zero-order chi connectivity index (χ0) is 11.5. The summed E-state index contributed by atoms with van der Waals surface area (Å²) in [6.45, 7) is 3.91. The molecule has 1 aliphatic heterocycles. The molecule has 16 heavy (non-hydrogen) atoms. The van der Waals surface area contributed by atoms with Crippen molar-refractivity contribution in [1.82, 2.24) is 9.88 Å². The van der Waals surface area contributed by atoms with E-state index in [2.05, 4.69) is 21.8 Å². The molecule has 0 bridgehead atoms. The molecule has 0 radical (unpaired) electrons. The molecule has 0 aliphatic carbocycles. The van der Waals surface area contributed by atoms with Crippen molar-refractivity contribution in [3.8, 4) is 0 Å². The number of anilines is 1. The minimum absolute atomic E-state index is 0.330. The number of piperazine rings is 1. The number of aromatic nitrogens is 1. The summed E-state index contributed by atoms with van der Waals surface area (Å²) in [5.74, 6) is 0.361. The minimum Gasteiger partial charge on any atom is -0.364 e. The first-order valence-corrected chi connectivity index (χ1v) is 5.37. The zero-order valence-corrected chi connectivity index (χ0v) is 9.39. The van der Waals surface area contributed by atoms with Crippen LogP contribution in [0.25, 0.3) is 0 Å². The van der Waals surface area contributed by atoms with Gasteiger partial charge in [0.2, 0.25) is 0 Å². The number of hydrogen-bond donors (Lipinski definition) is 1. The molecule has 5 heteroatoms. The molecule has 5 nitrogen and oxygen atoms in total. The van der Waals surface area contributed by atoms with Gasteiger partial charge in [-0.3, -0.25) is 4.79 Å². The summed E-state index contributed by atoms with van der Waals surface area (Å²) in [4.78, 5) is 19.7. The monoisotopic (exact) mass is 220 g/mol. The van der Waals surface area contributed by atoms with Crippen molar-refractivity contribution in [3.05, 3.63) is 23.9 Å². The summed E-state index contributed by atoms with van der Waals surface area (Å²) in [6.07, 6.45) is 0. The van der Waals surface area contributed by atoms with E-state index >= 15 is 0 Å². The summed E-state index contributed by atoms with van der Waals surface area (Å²) < 4.78 is 0. The molecular formula is C11H16N4O. The number of nitrogens with two attached hydrogens (primary N) is 1. The lowest BCUT2D eigenvalue weighted by atomic mass is 10.3. The second kappa shape index (κ2) is 4.49. The van der Waals surface area contributed by atoms with Crippen LogP contribution < -0.4 is 10.6 Å². The van der Waals surface area contributed by atoms with E-state index in [1.807, 2.05) is 12.1 Å². The van der Waals surface area contributed by atoms with Crippen LogP contribution in [0.4, 0.5) is 5.82 Å². The first-order valence-electron chi connectivity index (χ1n) is 5.37. The van der Waals surface area contributed by atoms with Crippen molar-refractivity contribution in [2.24, 2.45) is 5.73 Å². The van der Waals surface area contributed by atoms with Crippen LogP contribution in [0.5, 0.6) is 0 Å². The van der Waals surface area contributed by atoms with Gasteiger partial charge >= 0.3 is 0 Å². The Bertz CT molecular complexity index is 385. The highest BCUT2D eigenvalue weighted by Crippen LogP contribution is 2.13. The fourth-order valence-corrected chi connectivity index (χ4v) is 1.77. The predicted octanol–water partition coefficient (Wildman–Crippen LogP) is -0.0677. The van der Waals surface area contributed by atoms with Crippen LogP contribution >= 0.6 is 0 Å². The van der Waals surface area contributed by atoms with Gasteiger partial charge in [0.05, 0.1) is 0 Å². The molecule has 1 fully saturated rings. The van der Waals surface area contributed by atoms with Crippen LogP contribution in [-0.4, -0.2) is 49.0 Å². The van der Waals surface area contributed by atoms with Crippen LogP contribution in [0.3, 0.4) is 0 Å².